The van der Waals surface area contributed by atoms with Crippen LogP contribution in [0.15, 0.2) is 146 Å². The first-order chi connectivity index (χ1) is 24.7. The van der Waals surface area contributed by atoms with E-state index >= 15 is 0 Å². The minimum absolute atomic E-state index is 1.04. The molecule has 2 nitrogen and oxygen atoms in total. The molecular formula is C48H40N2. The molecule has 7 aromatic rings. The first-order valence-electron chi connectivity index (χ1n) is 17.9. The van der Waals surface area contributed by atoms with Crippen molar-refractivity contribution in [3.05, 3.63) is 179 Å². The van der Waals surface area contributed by atoms with Crippen LogP contribution in [-0.2, 0) is 12.8 Å². The van der Waals surface area contributed by atoms with Gasteiger partial charge in [0.1, 0.15) is 0 Å². The summed E-state index contributed by atoms with van der Waals surface area (Å²) in [5.41, 5.74) is 15.3. The van der Waals surface area contributed by atoms with E-state index in [0.29, 0.717) is 0 Å². The van der Waals surface area contributed by atoms with Gasteiger partial charge < -0.3 is 9.80 Å². The minimum Gasteiger partial charge on any atom is -0.310 e. The molecule has 0 saturated heterocycles. The number of rotatable bonds is 6. The van der Waals surface area contributed by atoms with Gasteiger partial charge in [-0.3, -0.25) is 0 Å². The molecule has 2 aliphatic rings. The molecule has 0 radical (unpaired) electrons. The largest absolute Gasteiger partial charge is 0.310 e. The molecule has 0 N–H and O–H groups in total. The van der Waals surface area contributed by atoms with Crippen LogP contribution in [0.1, 0.15) is 46.2 Å². The number of anilines is 6. The van der Waals surface area contributed by atoms with E-state index in [0.717, 1.165) is 25.7 Å². The van der Waals surface area contributed by atoms with Crippen LogP contribution in [0.3, 0.4) is 0 Å². The lowest BCUT2D eigenvalue weighted by Crippen LogP contribution is -2.14. The highest BCUT2D eigenvalue weighted by Crippen LogP contribution is 2.45. The van der Waals surface area contributed by atoms with Crippen LogP contribution < -0.4 is 9.80 Å². The van der Waals surface area contributed by atoms with Crippen LogP contribution in [-0.4, -0.2) is 0 Å². The standard InChI is InChI=1S/C48H40N2/c1-33-41-29-27-39(49(37-19-5-3-6-20-37)47-25-13-17-35-15-9-11-23-43(35)47)31-45(41)34(2)46-32-40(28-30-42(33)46)50(38-21-7-4-8-22-38)48-26-14-18-36-16-10-12-24-44(36)48/h3-10,13-22,25-32H,11-12,23-24H2,1-2H3. The molecule has 0 aromatic heterocycles. The summed E-state index contributed by atoms with van der Waals surface area (Å²) < 4.78 is 0. The highest BCUT2D eigenvalue weighted by Gasteiger charge is 2.22. The van der Waals surface area contributed by atoms with E-state index in [1.54, 1.807) is 0 Å². The summed E-state index contributed by atoms with van der Waals surface area (Å²) >= 11 is 0. The number of benzene rings is 7. The summed E-state index contributed by atoms with van der Waals surface area (Å²) in [7, 11) is 0. The van der Waals surface area contributed by atoms with Gasteiger partial charge in [-0.1, -0.05) is 97.1 Å². The lowest BCUT2D eigenvalue weighted by atomic mass is 9.91. The molecule has 9 rings (SSSR count). The summed E-state index contributed by atoms with van der Waals surface area (Å²) in [4.78, 5) is 4.91. The highest BCUT2D eigenvalue weighted by atomic mass is 15.1. The first-order valence-corrected chi connectivity index (χ1v) is 17.9. The van der Waals surface area contributed by atoms with Crippen molar-refractivity contribution in [2.24, 2.45) is 0 Å². The van der Waals surface area contributed by atoms with E-state index in [9.17, 15) is 0 Å². The third-order valence-electron chi connectivity index (χ3n) is 10.7. The molecule has 0 spiro atoms. The summed E-state index contributed by atoms with van der Waals surface area (Å²) in [5, 5.41) is 5.20. The van der Waals surface area contributed by atoms with E-state index in [1.807, 2.05) is 0 Å². The van der Waals surface area contributed by atoms with Gasteiger partial charge in [-0.15, -0.1) is 0 Å². The van der Waals surface area contributed by atoms with Crippen molar-refractivity contribution in [3.63, 3.8) is 0 Å². The maximum atomic E-state index is 2.46. The lowest BCUT2D eigenvalue weighted by molar-refractivity contribution is 0.979. The predicted molar refractivity (Wildman–Crippen MR) is 215 cm³/mol. The minimum atomic E-state index is 1.04. The van der Waals surface area contributed by atoms with Gasteiger partial charge in [0.25, 0.3) is 0 Å². The van der Waals surface area contributed by atoms with Gasteiger partial charge >= 0.3 is 0 Å². The summed E-state index contributed by atoms with van der Waals surface area (Å²) in [6, 6.07) is 49.3. The van der Waals surface area contributed by atoms with Crippen LogP contribution in [0.5, 0.6) is 0 Å². The Kier molecular flexibility index (Phi) is 7.58. The summed E-state index contributed by atoms with van der Waals surface area (Å²) in [5.74, 6) is 0. The lowest BCUT2D eigenvalue weighted by Gasteiger charge is -2.30. The third kappa shape index (κ3) is 5.11. The Morgan fingerprint density at radius 1 is 0.400 bits per heavy atom. The van der Waals surface area contributed by atoms with Gasteiger partial charge in [0.15, 0.2) is 0 Å². The second-order valence-electron chi connectivity index (χ2n) is 13.6. The van der Waals surface area contributed by atoms with Crippen LogP contribution in [0.4, 0.5) is 34.1 Å². The second-order valence-corrected chi connectivity index (χ2v) is 13.6. The molecule has 7 aromatic carbocycles. The number of nitrogens with zero attached hydrogens (tertiary/aromatic N) is 2. The first kappa shape index (κ1) is 30.2. The van der Waals surface area contributed by atoms with E-state index in [4.69, 9.17) is 0 Å². The monoisotopic (exact) mass is 644 g/mol. The molecule has 2 heteroatoms. The topological polar surface area (TPSA) is 6.48 Å². The van der Waals surface area contributed by atoms with Crippen LogP contribution in [0, 0.1) is 13.8 Å². The molecule has 0 saturated carbocycles. The molecular weight excluding hydrogens is 605 g/mol. The third-order valence-corrected chi connectivity index (χ3v) is 10.7. The fourth-order valence-electron chi connectivity index (χ4n) is 8.25. The van der Waals surface area contributed by atoms with Gasteiger partial charge in [0.2, 0.25) is 0 Å². The van der Waals surface area contributed by atoms with E-state index in [2.05, 4.69) is 181 Å². The maximum absolute atomic E-state index is 2.46. The SMILES string of the molecule is Cc1c2ccc(N(c3ccccc3)c3cccc4c3CCC=C4)cc2c(C)c2cc(N(c3ccccc3)c3cccc4c3CCC=C4)ccc12. The van der Waals surface area contributed by atoms with Gasteiger partial charge in [0.05, 0.1) is 0 Å². The van der Waals surface area contributed by atoms with Gasteiger partial charge in [-0.05, 0) is 155 Å². The number of fused-ring (bicyclic) bond motifs is 4. The molecule has 0 aliphatic heterocycles. The average molecular weight is 645 g/mol. The van der Waals surface area contributed by atoms with Gasteiger partial charge in [-0.2, -0.15) is 0 Å². The Hall–Kier alpha value is -5.86. The molecule has 0 amide bonds. The Balaban J connectivity index is 1.24. The van der Waals surface area contributed by atoms with Gasteiger partial charge in [-0.25, -0.2) is 0 Å². The Morgan fingerprint density at radius 2 is 0.840 bits per heavy atom. The fraction of sp³-hybridized carbons (Fsp3) is 0.125. The quantitative estimate of drug-likeness (QED) is 0.166. The molecule has 0 fully saturated rings. The van der Waals surface area contributed by atoms with Crippen LogP contribution >= 0.6 is 0 Å². The summed E-state index contributed by atoms with van der Waals surface area (Å²) in [6.45, 7) is 4.59. The zero-order valence-electron chi connectivity index (χ0n) is 28.7. The Morgan fingerprint density at radius 3 is 1.30 bits per heavy atom. The Labute approximate surface area is 295 Å². The van der Waals surface area contributed by atoms with Crippen molar-refractivity contribution < 1.29 is 0 Å². The van der Waals surface area contributed by atoms with Crippen molar-refractivity contribution in [3.8, 4) is 0 Å². The molecule has 0 bridgehead atoms. The maximum Gasteiger partial charge on any atom is 0.0499 e. The van der Waals surface area contributed by atoms with Crippen molar-refractivity contribution in [2.75, 3.05) is 9.80 Å². The zero-order chi connectivity index (χ0) is 33.6. The molecule has 50 heavy (non-hydrogen) atoms. The zero-order valence-corrected chi connectivity index (χ0v) is 28.7. The van der Waals surface area contributed by atoms with Crippen molar-refractivity contribution >= 4 is 67.8 Å². The van der Waals surface area contributed by atoms with E-state index in [1.165, 1.54) is 89.0 Å². The van der Waals surface area contributed by atoms with Crippen molar-refractivity contribution in [1.29, 1.82) is 0 Å². The number of para-hydroxylation sites is 2. The number of aryl methyl sites for hydroxylation is 2. The second kappa shape index (κ2) is 12.5. The number of hydrogen-bond acceptors (Lipinski definition) is 2. The fourth-order valence-corrected chi connectivity index (χ4v) is 8.25. The van der Waals surface area contributed by atoms with Crippen molar-refractivity contribution in [2.45, 2.75) is 39.5 Å². The number of hydrogen-bond donors (Lipinski definition) is 0. The molecule has 0 heterocycles. The molecule has 2 aliphatic carbocycles. The smallest absolute Gasteiger partial charge is 0.0499 e. The highest BCUT2D eigenvalue weighted by molar-refractivity contribution is 6.08. The summed E-state index contributed by atoms with van der Waals surface area (Å²) in [6.07, 6.45) is 13.4. The molecule has 0 unspecified atom stereocenters. The van der Waals surface area contributed by atoms with E-state index < -0.39 is 0 Å². The molecule has 242 valence electrons. The molecule has 0 atom stereocenters. The van der Waals surface area contributed by atoms with Crippen molar-refractivity contribution in [1.82, 2.24) is 0 Å². The normalized spacial score (nSPS) is 13.3. The van der Waals surface area contributed by atoms with Crippen LogP contribution in [0.25, 0.3) is 33.7 Å². The van der Waals surface area contributed by atoms with Crippen LogP contribution in [0.2, 0.25) is 0 Å². The predicted octanol–water partition coefficient (Wildman–Crippen LogP) is 13.5. The van der Waals surface area contributed by atoms with E-state index in [-0.39, 0.29) is 0 Å². The average Bonchev–Trinajstić information content (AvgIpc) is 3.18. The van der Waals surface area contributed by atoms with Gasteiger partial charge in [0, 0.05) is 34.1 Å². The Bertz CT molecular complexity index is 2280. The number of allylic oxidation sites excluding steroid dienone is 2.